The lowest BCUT2D eigenvalue weighted by atomic mass is 9.97. The van der Waals surface area contributed by atoms with Gasteiger partial charge in [-0.2, -0.15) is 0 Å². The van der Waals surface area contributed by atoms with Crippen molar-refractivity contribution in [3.05, 3.63) is 18.2 Å². The van der Waals surface area contributed by atoms with Crippen LogP contribution in [0.2, 0.25) is 0 Å². The number of hydrogen-bond donors (Lipinski definition) is 2. The Hall–Kier alpha value is -1.60. The van der Waals surface area contributed by atoms with Gasteiger partial charge < -0.3 is 10.1 Å². The Balaban J connectivity index is 2.27. The molecule has 2 unspecified atom stereocenters. The number of ether oxygens (including phenoxy) is 1. The quantitative estimate of drug-likeness (QED) is 0.884. The summed E-state index contributed by atoms with van der Waals surface area (Å²) in [6.45, 7) is 2.05. The second-order valence-corrected chi connectivity index (χ2v) is 6.97. The molecule has 1 aliphatic carbocycles. The van der Waals surface area contributed by atoms with Crippen LogP contribution in [0, 0.1) is 11.8 Å². The van der Waals surface area contributed by atoms with Gasteiger partial charge in [-0.05, 0) is 37.0 Å². The highest BCUT2D eigenvalue weighted by Gasteiger charge is 2.30. The number of sulfonamides is 1. The number of primary sulfonamides is 1. The topological polar surface area (TPSA) is 98.5 Å². The van der Waals surface area contributed by atoms with E-state index >= 15 is 0 Å². The summed E-state index contributed by atoms with van der Waals surface area (Å²) in [6.07, 6.45) is 2.92. The van der Waals surface area contributed by atoms with Crippen molar-refractivity contribution in [3.8, 4) is 5.75 Å². The molecule has 21 heavy (non-hydrogen) atoms. The van der Waals surface area contributed by atoms with Crippen LogP contribution in [0.3, 0.4) is 0 Å². The summed E-state index contributed by atoms with van der Waals surface area (Å²) in [5.74, 6) is 0.580. The van der Waals surface area contributed by atoms with E-state index in [1.807, 2.05) is 0 Å². The van der Waals surface area contributed by atoms with Gasteiger partial charge in [0.25, 0.3) is 0 Å². The Morgan fingerprint density at radius 1 is 1.38 bits per heavy atom. The van der Waals surface area contributed by atoms with E-state index < -0.39 is 10.0 Å². The monoisotopic (exact) mass is 312 g/mol. The van der Waals surface area contributed by atoms with Crippen LogP contribution < -0.4 is 15.2 Å². The van der Waals surface area contributed by atoms with Crippen LogP contribution in [0.25, 0.3) is 0 Å². The minimum Gasteiger partial charge on any atom is -0.495 e. The van der Waals surface area contributed by atoms with Crippen molar-refractivity contribution < 1.29 is 17.9 Å². The summed E-state index contributed by atoms with van der Waals surface area (Å²) in [5.41, 5.74) is 0.327. The number of benzene rings is 1. The number of carbonyl (C=O) groups excluding carboxylic acids is 1. The van der Waals surface area contributed by atoms with Gasteiger partial charge in [-0.15, -0.1) is 0 Å². The van der Waals surface area contributed by atoms with Crippen molar-refractivity contribution in [2.75, 3.05) is 12.4 Å². The molecule has 2 atom stereocenters. The Morgan fingerprint density at radius 2 is 2.10 bits per heavy atom. The molecule has 0 heterocycles. The van der Waals surface area contributed by atoms with Crippen molar-refractivity contribution in [3.63, 3.8) is 0 Å². The summed E-state index contributed by atoms with van der Waals surface area (Å²) in [7, 11) is -2.36. The largest absolute Gasteiger partial charge is 0.495 e. The summed E-state index contributed by atoms with van der Waals surface area (Å²) in [4.78, 5) is 12.2. The van der Waals surface area contributed by atoms with Gasteiger partial charge in [0.05, 0.1) is 17.7 Å². The molecular formula is C14H20N2O4S. The highest BCUT2D eigenvalue weighted by molar-refractivity contribution is 7.89. The van der Waals surface area contributed by atoms with Crippen LogP contribution in [0.1, 0.15) is 26.2 Å². The van der Waals surface area contributed by atoms with E-state index in [4.69, 9.17) is 9.88 Å². The zero-order chi connectivity index (χ0) is 15.6. The molecule has 2 rings (SSSR count). The van der Waals surface area contributed by atoms with Gasteiger partial charge >= 0.3 is 0 Å². The number of nitrogens with one attached hydrogen (secondary N) is 1. The molecule has 116 valence electrons. The molecule has 0 aliphatic heterocycles. The van der Waals surface area contributed by atoms with E-state index in [1.54, 1.807) is 0 Å². The fraction of sp³-hybridized carbons (Fsp3) is 0.500. The van der Waals surface area contributed by atoms with Gasteiger partial charge in [-0.3, -0.25) is 4.79 Å². The highest BCUT2D eigenvalue weighted by atomic mass is 32.2. The minimum atomic E-state index is -3.82. The fourth-order valence-corrected chi connectivity index (χ4v) is 3.26. The SMILES string of the molecule is COc1ccc(S(N)(=O)=O)cc1NC(=O)C1CCCC1C. The molecule has 0 aromatic heterocycles. The number of nitrogens with two attached hydrogens (primary N) is 1. The van der Waals surface area contributed by atoms with E-state index in [9.17, 15) is 13.2 Å². The lowest BCUT2D eigenvalue weighted by Crippen LogP contribution is -2.25. The van der Waals surface area contributed by atoms with E-state index in [2.05, 4.69) is 12.2 Å². The average Bonchev–Trinajstić information content (AvgIpc) is 2.84. The molecule has 1 amide bonds. The second kappa shape index (κ2) is 6.03. The molecule has 7 heteroatoms. The van der Waals surface area contributed by atoms with Crippen LogP contribution in [0.4, 0.5) is 5.69 Å². The van der Waals surface area contributed by atoms with Crippen LogP contribution in [0.15, 0.2) is 23.1 Å². The number of amides is 1. The zero-order valence-corrected chi connectivity index (χ0v) is 12.9. The first-order chi connectivity index (χ1) is 9.82. The average molecular weight is 312 g/mol. The van der Waals surface area contributed by atoms with Crippen LogP contribution in [-0.4, -0.2) is 21.4 Å². The molecule has 1 aliphatic rings. The fourth-order valence-electron chi connectivity index (χ4n) is 2.72. The van der Waals surface area contributed by atoms with Crippen LogP contribution in [-0.2, 0) is 14.8 Å². The van der Waals surface area contributed by atoms with Gasteiger partial charge in [0.2, 0.25) is 15.9 Å². The van der Waals surface area contributed by atoms with Gasteiger partial charge in [-0.1, -0.05) is 13.3 Å². The lowest BCUT2D eigenvalue weighted by Gasteiger charge is -2.17. The first-order valence-electron chi connectivity index (χ1n) is 6.84. The van der Waals surface area contributed by atoms with E-state index in [1.165, 1.54) is 25.3 Å². The molecule has 1 fully saturated rings. The first-order valence-corrected chi connectivity index (χ1v) is 8.39. The maximum atomic E-state index is 12.3. The normalized spacial score (nSPS) is 22.0. The second-order valence-electron chi connectivity index (χ2n) is 5.41. The zero-order valence-electron chi connectivity index (χ0n) is 12.1. The maximum absolute atomic E-state index is 12.3. The number of methoxy groups -OCH3 is 1. The standard InChI is InChI=1S/C14H20N2O4S/c1-9-4-3-5-11(9)14(17)16-12-8-10(21(15,18)19)6-7-13(12)20-2/h6-9,11H,3-5H2,1-2H3,(H,16,17)(H2,15,18,19). The minimum absolute atomic E-state index is 0.0483. The number of hydrogen-bond acceptors (Lipinski definition) is 4. The highest BCUT2D eigenvalue weighted by Crippen LogP contribution is 2.34. The third-order valence-electron chi connectivity index (χ3n) is 3.96. The number of carbonyl (C=O) groups is 1. The third-order valence-corrected chi connectivity index (χ3v) is 4.87. The summed E-state index contributed by atoms with van der Waals surface area (Å²) >= 11 is 0. The molecule has 1 saturated carbocycles. The van der Waals surface area contributed by atoms with Crippen molar-refractivity contribution in [1.29, 1.82) is 0 Å². The van der Waals surface area contributed by atoms with Gasteiger partial charge in [0.1, 0.15) is 5.75 Å². The first kappa shape index (κ1) is 15.8. The Morgan fingerprint density at radius 3 is 2.62 bits per heavy atom. The number of anilines is 1. The predicted molar refractivity (Wildman–Crippen MR) is 79.5 cm³/mol. The Kier molecular flexibility index (Phi) is 4.53. The van der Waals surface area contributed by atoms with Crippen molar-refractivity contribution in [2.24, 2.45) is 17.0 Å². The molecule has 0 bridgehead atoms. The van der Waals surface area contributed by atoms with Crippen LogP contribution in [0.5, 0.6) is 5.75 Å². The smallest absolute Gasteiger partial charge is 0.238 e. The molecule has 1 aromatic carbocycles. The van der Waals surface area contributed by atoms with Gasteiger partial charge in [0, 0.05) is 5.92 Å². The number of rotatable bonds is 4. The van der Waals surface area contributed by atoms with Gasteiger partial charge in [-0.25, -0.2) is 13.6 Å². The van der Waals surface area contributed by atoms with Crippen molar-refractivity contribution in [2.45, 2.75) is 31.1 Å². The third kappa shape index (κ3) is 3.54. The van der Waals surface area contributed by atoms with Crippen molar-refractivity contribution >= 4 is 21.6 Å². The molecule has 0 spiro atoms. The molecule has 0 radical (unpaired) electrons. The van der Waals surface area contributed by atoms with Gasteiger partial charge in [0.15, 0.2) is 0 Å². The molecular weight excluding hydrogens is 292 g/mol. The molecule has 3 N–H and O–H groups in total. The van der Waals surface area contributed by atoms with Crippen molar-refractivity contribution in [1.82, 2.24) is 0 Å². The Labute approximate surface area is 124 Å². The lowest BCUT2D eigenvalue weighted by molar-refractivity contribution is -0.120. The van der Waals surface area contributed by atoms with Crippen LogP contribution >= 0.6 is 0 Å². The molecule has 6 nitrogen and oxygen atoms in total. The summed E-state index contributed by atoms with van der Waals surface area (Å²) in [6, 6.07) is 4.15. The molecule has 1 aromatic rings. The summed E-state index contributed by atoms with van der Waals surface area (Å²) < 4.78 is 28.0. The predicted octanol–water partition coefficient (Wildman–Crippen LogP) is 1.72. The summed E-state index contributed by atoms with van der Waals surface area (Å²) in [5, 5.41) is 7.87. The van der Waals surface area contributed by atoms with E-state index in [-0.39, 0.29) is 16.7 Å². The van der Waals surface area contributed by atoms with E-state index in [0.717, 1.165) is 19.3 Å². The molecule has 0 saturated heterocycles. The van der Waals surface area contributed by atoms with E-state index in [0.29, 0.717) is 17.4 Å². The maximum Gasteiger partial charge on any atom is 0.238 e. The Bertz CT molecular complexity index is 642.